The van der Waals surface area contributed by atoms with E-state index in [-0.39, 0.29) is 28.7 Å². The van der Waals surface area contributed by atoms with Crippen molar-refractivity contribution in [2.24, 2.45) is 34.5 Å². The van der Waals surface area contributed by atoms with Gasteiger partial charge in [0.2, 0.25) is 0 Å². The first kappa shape index (κ1) is 19.4. The zero-order valence-corrected chi connectivity index (χ0v) is 17.4. The molecule has 4 nitrogen and oxygen atoms in total. The molecule has 0 amide bonds. The van der Waals surface area contributed by atoms with Crippen molar-refractivity contribution < 1.29 is 19.4 Å². The maximum atomic E-state index is 12.4. The molecule has 8 atom stereocenters. The van der Waals surface area contributed by atoms with Gasteiger partial charge in [0.15, 0.2) is 11.4 Å². The van der Waals surface area contributed by atoms with Crippen LogP contribution in [0, 0.1) is 34.5 Å². The van der Waals surface area contributed by atoms with Crippen molar-refractivity contribution in [2.45, 2.75) is 97.2 Å². The number of carbonyl (C=O) groups excluding carboxylic acids is 2. The lowest BCUT2D eigenvalue weighted by Crippen LogP contribution is -2.58. The van der Waals surface area contributed by atoms with Gasteiger partial charge in [-0.25, -0.2) is 0 Å². The third-order valence-electron chi connectivity index (χ3n) is 9.64. The Bertz CT molecular complexity index is 644. The van der Waals surface area contributed by atoms with Gasteiger partial charge in [0, 0.05) is 6.92 Å². The number of hydrogen-bond donors (Lipinski definition) is 1. The van der Waals surface area contributed by atoms with Gasteiger partial charge >= 0.3 is 5.97 Å². The van der Waals surface area contributed by atoms with Crippen LogP contribution in [-0.2, 0) is 14.3 Å². The molecule has 4 aliphatic rings. The van der Waals surface area contributed by atoms with Gasteiger partial charge in [0.25, 0.3) is 0 Å². The number of aliphatic hydroxyl groups excluding tert-OH is 1. The number of fused-ring (bicyclic) bond motifs is 5. The highest BCUT2D eigenvalue weighted by Gasteiger charge is 2.62. The summed E-state index contributed by atoms with van der Waals surface area (Å²) >= 11 is 0. The number of ketones is 1. The number of rotatable bonds is 2. The monoisotopic (exact) mass is 376 g/mol. The first-order valence-electron chi connectivity index (χ1n) is 11.0. The van der Waals surface area contributed by atoms with Crippen molar-refractivity contribution in [1.29, 1.82) is 0 Å². The second-order valence-electron chi connectivity index (χ2n) is 10.6. The van der Waals surface area contributed by atoms with Crippen LogP contribution in [0.2, 0.25) is 0 Å². The van der Waals surface area contributed by atoms with Gasteiger partial charge in [-0.3, -0.25) is 9.59 Å². The lowest BCUT2D eigenvalue weighted by molar-refractivity contribution is -0.187. The fraction of sp³-hybridized carbons (Fsp3) is 0.913. The maximum absolute atomic E-state index is 12.4. The van der Waals surface area contributed by atoms with Gasteiger partial charge in [-0.1, -0.05) is 13.8 Å². The van der Waals surface area contributed by atoms with Gasteiger partial charge in [0.05, 0.1) is 6.10 Å². The summed E-state index contributed by atoms with van der Waals surface area (Å²) in [6.07, 6.45) is 8.99. The van der Waals surface area contributed by atoms with E-state index in [1.54, 1.807) is 6.92 Å². The number of hydrogen-bond acceptors (Lipinski definition) is 4. The normalized spacial score (nSPS) is 51.7. The lowest BCUT2D eigenvalue weighted by atomic mass is 9.44. The number of aliphatic hydroxyl groups is 1. The van der Waals surface area contributed by atoms with Crippen molar-refractivity contribution >= 4 is 11.8 Å². The van der Waals surface area contributed by atoms with Crippen LogP contribution >= 0.6 is 0 Å². The molecule has 1 N–H and O–H groups in total. The molecule has 4 heteroatoms. The second kappa shape index (κ2) is 6.30. The van der Waals surface area contributed by atoms with Crippen LogP contribution in [0.25, 0.3) is 0 Å². The Labute approximate surface area is 163 Å². The molecule has 27 heavy (non-hydrogen) atoms. The van der Waals surface area contributed by atoms with Crippen LogP contribution in [0.15, 0.2) is 0 Å². The van der Waals surface area contributed by atoms with E-state index >= 15 is 0 Å². The molecule has 0 aliphatic heterocycles. The molecule has 0 aromatic carbocycles. The van der Waals surface area contributed by atoms with Crippen LogP contribution in [0.3, 0.4) is 0 Å². The lowest BCUT2D eigenvalue weighted by Gasteiger charge is -2.61. The molecule has 0 saturated heterocycles. The standard InChI is InChI=1S/C23H36O4/c1-14(24)23(27-15(2)25)12-11-21(3)16(13-23)5-6-17-18-7-8-20(26)22(18,4)10-9-19(17)21/h16-20,26H,5-13H2,1-4H3/t16-,17+,18+,19-,20-,21-,22-,23-/m0/s1. The molecule has 4 fully saturated rings. The maximum Gasteiger partial charge on any atom is 0.303 e. The van der Waals surface area contributed by atoms with Crippen LogP contribution in [-0.4, -0.2) is 28.6 Å². The van der Waals surface area contributed by atoms with Gasteiger partial charge < -0.3 is 9.84 Å². The molecule has 0 unspecified atom stereocenters. The van der Waals surface area contributed by atoms with Crippen molar-refractivity contribution in [3.63, 3.8) is 0 Å². The third-order valence-corrected chi connectivity index (χ3v) is 9.64. The molecular weight excluding hydrogens is 340 g/mol. The summed E-state index contributed by atoms with van der Waals surface area (Å²) in [4.78, 5) is 24.1. The molecular formula is C23H36O4. The third kappa shape index (κ3) is 2.73. The molecule has 4 rings (SSSR count). The Morgan fingerprint density at radius 3 is 2.26 bits per heavy atom. The second-order valence-corrected chi connectivity index (χ2v) is 10.6. The van der Waals surface area contributed by atoms with Gasteiger partial charge in [-0.2, -0.15) is 0 Å². The number of Topliss-reactive ketones (excluding diaryl/α,β-unsaturated/α-hetero) is 1. The topological polar surface area (TPSA) is 63.6 Å². The zero-order chi connectivity index (χ0) is 19.6. The molecule has 4 aliphatic carbocycles. The van der Waals surface area contributed by atoms with E-state index in [0.717, 1.165) is 25.7 Å². The van der Waals surface area contributed by atoms with Crippen LogP contribution < -0.4 is 0 Å². The summed E-state index contributed by atoms with van der Waals surface area (Å²) in [6.45, 7) is 7.77. The summed E-state index contributed by atoms with van der Waals surface area (Å²) in [6, 6.07) is 0. The summed E-state index contributed by atoms with van der Waals surface area (Å²) < 4.78 is 5.65. The summed E-state index contributed by atoms with van der Waals surface area (Å²) in [5.74, 6) is 2.17. The molecule has 152 valence electrons. The molecule has 0 aromatic rings. The Morgan fingerprint density at radius 1 is 0.889 bits per heavy atom. The number of esters is 1. The largest absolute Gasteiger partial charge is 0.451 e. The molecule has 0 heterocycles. The Balaban J connectivity index is 1.59. The van der Waals surface area contributed by atoms with Gasteiger partial charge in [0.1, 0.15) is 0 Å². The van der Waals surface area contributed by atoms with Crippen molar-refractivity contribution in [1.82, 2.24) is 0 Å². The van der Waals surface area contributed by atoms with Crippen molar-refractivity contribution in [3.05, 3.63) is 0 Å². The van der Waals surface area contributed by atoms with E-state index in [1.807, 2.05) is 0 Å². The molecule has 4 saturated carbocycles. The number of carbonyl (C=O) groups is 2. The van der Waals surface area contributed by atoms with E-state index in [2.05, 4.69) is 13.8 Å². The molecule has 0 aromatic heterocycles. The summed E-state index contributed by atoms with van der Waals surface area (Å²) in [5.41, 5.74) is -0.549. The molecule has 0 spiro atoms. The fourth-order valence-electron chi connectivity index (χ4n) is 7.96. The minimum Gasteiger partial charge on any atom is -0.451 e. The highest BCUT2D eigenvalue weighted by Crippen LogP contribution is 2.67. The van der Waals surface area contributed by atoms with E-state index in [9.17, 15) is 14.7 Å². The van der Waals surface area contributed by atoms with Crippen molar-refractivity contribution in [2.75, 3.05) is 0 Å². The quantitative estimate of drug-likeness (QED) is 0.731. The predicted molar refractivity (Wildman–Crippen MR) is 103 cm³/mol. The number of ether oxygens (including phenoxy) is 1. The fourth-order valence-corrected chi connectivity index (χ4v) is 7.96. The smallest absolute Gasteiger partial charge is 0.303 e. The molecule has 0 bridgehead atoms. The zero-order valence-electron chi connectivity index (χ0n) is 17.4. The van der Waals surface area contributed by atoms with E-state index in [1.165, 1.54) is 26.2 Å². The molecule has 0 radical (unpaired) electrons. The minimum atomic E-state index is -0.893. The first-order chi connectivity index (χ1) is 12.6. The van der Waals surface area contributed by atoms with Crippen LogP contribution in [0.1, 0.15) is 85.5 Å². The van der Waals surface area contributed by atoms with Crippen LogP contribution in [0.4, 0.5) is 0 Å². The highest BCUT2D eigenvalue weighted by molar-refractivity contribution is 5.87. The van der Waals surface area contributed by atoms with E-state index in [0.29, 0.717) is 36.5 Å². The van der Waals surface area contributed by atoms with Gasteiger partial charge in [-0.05, 0) is 99.2 Å². The average molecular weight is 377 g/mol. The van der Waals surface area contributed by atoms with Crippen molar-refractivity contribution in [3.8, 4) is 0 Å². The SMILES string of the molecule is CC(=O)O[C@@]1(C(C)=O)CC[C@@]2(C)[C@@H](CC[C@@H]3[C@H]4CC[C@H](O)[C@@]4(C)CC[C@@H]32)C1. The average Bonchev–Trinajstić information content (AvgIpc) is 2.90. The Hall–Kier alpha value is -0.900. The highest BCUT2D eigenvalue weighted by atomic mass is 16.6. The Kier molecular flexibility index (Phi) is 4.53. The van der Waals surface area contributed by atoms with E-state index in [4.69, 9.17) is 4.74 Å². The minimum absolute atomic E-state index is 0.0111. The first-order valence-corrected chi connectivity index (χ1v) is 11.0. The summed E-state index contributed by atoms with van der Waals surface area (Å²) in [7, 11) is 0. The Morgan fingerprint density at radius 2 is 1.59 bits per heavy atom. The summed E-state index contributed by atoms with van der Waals surface area (Å²) in [5, 5.41) is 10.6. The van der Waals surface area contributed by atoms with E-state index < -0.39 is 5.60 Å². The van der Waals surface area contributed by atoms with Crippen LogP contribution in [0.5, 0.6) is 0 Å². The predicted octanol–water partition coefficient (Wildman–Crippen LogP) is 4.28. The van der Waals surface area contributed by atoms with Gasteiger partial charge in [-0.15, -0.1) is 0 Å².